The van der Waals surface area contributed by atoms with E-state index in [2.05, 4.69) is 14.8 Å². The van der Waals surface area contributed by atoms with E-state index >= 15 is 0 Å². The first-order valence-electron chi connectivity index (χ1n) is 5.51. The zero-order valence-corrected chi connectivity index (χ0v) is 11.4. The molecule has 0 aliphatic heterocycles. The molecule has 0 saturated carbocycles. The van der Waals surface area contributed by atoms with Crippen LogP contribution >= 0.6 is 11.6 Å². The monoisotopic (exact) mass is 295 g/mol. The van der Waals surface area contributed by atoms with E-state index in [-0.39, 0.29) is 16.7 Å². The lowest BCUT2D eigenvalue weighted by Crippen LogP contribution is -2.09. The van der Waals surface area contributed by atoms with Crippen molar-refractivity contribution in [2.45, 2.75) is 6.92 Å². The molecule has 104 valence electrons. The SMILES string of the molecule is COC(=O)c1cc(OC(C)=O)n(-c2cccc(Cl)n2)n1. The van der Waals surface area contributed by atoms with E-state index in [0.29, 0.717) is 5.82 Å². The van der Waals surface area contributed by atoms with Crippen LogP contribution in [0.2, 0.25) is 5.15 Å². The molecule has 2 rings (SSSR count). The standard InChI is InChI=1S/C12H10ClN3O4/c1-7(17)20-11-6-8(12(18)19-2)15-16(11)10-5-3-4-9(13)14-10/h3-6H,1-2H3. The molecular weight excluding hydrogens is 286 g/mol. The van der Waals surface area contributed by atoms with Crippen molar-refractivity contribution in [2.75, 3.05) is 7.11 Å². The highest BCUT2D eigenvalue weighted by Gasteiger charge is 2.18. The van der Waals surface area contributed by atoms with Crippen molar-refractivity contribution < 1.29 is 19.1 Å². The van der Waals surface area contributed by atoms with Crippen LogP contribution in [0.15, 0.2) is 24.3 Å². The number of hydrogen-bond donors (Lipinski definition) is 0. The number of carbonyl (C=O) groups is 2. The highest BCUT2D eigenvalue weighted by molar-refractivity contribution is 6.29. The fourth-order valence-corrected chi connectivity index (χ4v) is 1.63. The maximum atomic E-state index is 11.5. The summed E-state index contributed by atoms with van der Waals surface area (Å²) in [5, 5.41) is 4.23. The Morgan fingerprint density at radius 3 is 2.70 bits per heavy atom. The van der Waals surface area contributed by atoms with Crippen LogP contribution in [-0.4, -0.2) is 33.8 Å². The van der Waals surface area contributed by atoms with Crippen LogP contribution in [-0.2, 0) is 9.53 Å². The Labute approximate surface area is 119 Å². The quantitative estimate of drug-likeness (QED) is 0.632. The first kappa shape index (κ1) is 14.0. The van der Waals surface area contributed by atoms with E-state index in [1.54, 1.807) is 18.2 Å². The average molecular weight is 296 g/mol. The molecule has 20 heavy (non-hydrogen) atoms. The number of rotatable bonds is 3. The second kappa shape index (κ2) is 5.70. The van der Waals surface area contributed by atoms with Crippen molar-refractivity contribution >= 4 is 23.5 Å². The van der Waals surface area contributed by atoms with Gasteiger partial charge in [0.15, 0.2) is 11.5 Å². The molecule has 0 N–H and O–H groups in total. The molecule has 0 bridgehead atoms. The molecule has 2 aromatic heterocycles. The van der Waals surface area contributed by atoms with Gasteiger partial charge in [0.2, 0.25) is 5.88 Å². The third-order valence-electron chi connectivity index (χ3n) is 2.24. The fraction of sp³-hybridized carbons (Fsp3) is 0.167. The average Bonchev–Trinajstić information content (AvgIpc) is 2.81. The van der Waals surface area contributed by atoms with Gasteiger partial charge < -0.3 is 9.47 Å². The molecule has 0 aliphatic carbocycles. The van der Waals surface area contributed by atoms with Gasteiger partial charge in [0.1, 0.15) is 5.15 Å². The van der Waals surface area contributed by atoms with Crippen molar-refractivity contribution in [2.24, 2.45) is 0 Å². The van der Waals surface area contributed by atoms with Crippen molar-refractivity contribution in [3.8, 4) is 11.7 Å². The predicted octanol–water partition coefficient (Wildman–Crippen LogP) is 1.63. The minimum atomic E-state index is -0.654. The van der Waals surface area contributed by atoms with Gasteiger partial charge in [0, 0.05) is 13.0 Å². The molecule has 0 spiro atoms. The zero-order chi connectivity index (χ0) is 14.7. The van der Waals surface area contributed by atoms with Gasteiger partial charge in [-0.25, -0.2) is 9.78 Å². The Hall–Kier alpha value is -2.41. The Bertz CT molecular complexity index is 668. The number of halogens is 1. The van der Waals surface area contributed by atoms with Gasteiger partial charge in [0.25, 0.3) is 0 Å². The number of ether oxygens (including phenoxy) is 2. The lowest BCUT2D eigenvalue weighted by Gasteiger charge is -2.05. The molecule has 0 aromatic carbocycles. The molecule has 0 atom stereocenters. The molecule has 0 fully saturated rings. The predicted molar refractivity (Wildman–Crippen MR) is 69.0 cm³/mol. The summed E-state index contributed by atoms with van der Waals surface area (Å²) < 4.78 is 10.7. The summed E-state index contributed by atoms with van der Waals surface area (Å²) in [6, 6.07) is 6.13. The first-order chi connectivity index (χ1) is 9.51. The number of aromatic nitrogens is 3. The smallest absolute Gasteiger partial charge is 0.358 e. The highest BCUT2D eigenvalue weighted by Crippen LogP contribution is 2.20. The van der Waals surface area contributed by atoms with Crippen LogP contribution in [0.1, 0.15) is 17.4 Å². The summed E-state index contributed by atoms with van der Waals surface area (Å²) in [4.78, 5) is 26.6. The van der Waals surface area contributed by atoms with E-state index in [9.17, 15) is 9.59 Å². The van der Waals surface area contributed by atoms with E-state index < -0.39 is 11.9 Å². The number of carbonyl (C=O) groups excluding carboxylic acids is 2. The van der Waals surface area contributed by atoms with Gasteiger partial charge in [0.05, 0.1) is 7.11 Å². The van der Waals surface area contributed by atoms with Crippen LogP contribution in [0.3, 0.4) is 0 Å². The third-order valence-corrected chi connectivity index (χ3v) is 2.45. The van der Waals surface area contributed by atoms with Crippen molar-refractivity contribution in [1.29, 1.82) is 0 Å². The lowest BCUT2D eigenvalue weighted by molar-refractivity contribution is -0.132. The van der Waals surface area contributed by atoms with Crippen LogP contribution in [0.4, 0.5) is 0 Å². The van der Waals surface area contributed by atoms with Gasteiger partial charge in [-0.15, -0.1) is 0 Å². The molecule has 2 heterocycles. The van der Waals surface area contributed by atoms with Gasteiger partial charge in [-0.3, -0.25) is 4.79 Å². The van der Waals surface area contributed by atoms with Crippen LogP contribution in [0.5, 0.6) is 5.88 Å². The molecule has 8 heteroatoms. The van der Waals surface area contributed by atoms with Crippen molar-refractivity contribution in [1.82, 2.24) is 14.8 Å². The van der Waals surface area contributed by atoms with Gasteiger partial charge in [-0.05, 0) is 12.1 Å². The topological polar surface area (TPSA) is 83.3 Å². The van der Waals surface area contributed by atoms with E-state index in [4.69, 9.17) is 16.3 Å². The number of esters is 2. The van der Waals surface area contributed by atoms with Crippen LogP contribution < -0.4 is 4.74 Å². The Kier molecular flexibility index (Phi) is 3.99. The molecule has 0 amide bonds. The van der Waals surface area contributed by atoms with E-state index in [0.717, 1.165) is 0 Å². The summed E-state index contributed by atoms with van der Waals surface area (Å²) >= 11 is 5.80. The van der Waals surface area contributed by atoms with E-state index in [1.165, 1.54) is 24.8 Å². The van der Waals surface area contributed by atoms with Crippen LogP contribution in [0.25, 0.3) is 5.82 Å². The minimum absolute atomic E-state index is 0.00877. The fourth-order valence-electron chi connectivity index (χ4n) is 1.47. The summed E-state index contributed by atoms with van der Waals surface area (Å²) in [5.74, 6) is -0.847. The van der Waals surface area contributed by atoms with Gasteiger partial charge in [-0.1, -0.05) is 17.7 Å². The summed E-state index contributed by atoms with van der Waals surface area (Å²) in [6.07, 6.45) is 0. The minimum Gasteiger partial charge on any atom is -0.464 e. The van der Waals surface area contributed by atoms with Crippen LogP contribution in [0, 0.1) is 0 Å². The molecular formula is C12H10ClN3O4. The Balaban J connectivity index is 2.51. The molecule has 0 unspecified atom stereocenters. The summed E-state index contributed by atoms with van der Waals surface area (Å²) in [7, 11) is 1.23. The first-order valence-corrected chi connectivity index (χ1v) is 5.89. The maximum Gasteiger partial charge on any atom is 0.358 e. The summed E-state index contributed by atoms with van der Waals surface area (Å²) in [5.41, 5.74) is -0.00877. The van der Waals surface area contributed by atoms with Gasteiger partial charge >= 0.3 is 11.9 Å². The largest absolute Gasteiger partial charge is 0.464 e. The lowest BCUT2D eigenvalue weighted by atomic mass is 10.4. The number of nitrogens with zero attached hydrogens (tertiary/aromatic N) is 3. The number of pyridine rings is 1. The Morgan fingerprint density at radius 2 is 2.10 bits per heavy atom. The summed E-state index contributed by atoms with van der Waals surface area (Å²) in [6.45, 7) is 1.24. The maximum absolute atomic E-state index is 11.5. The molecule has 0 radical (unpaired) electrons. The van der Waals surface area contributed by atoms with Gasteiger partial charge in [-0.2, -0.15) is 9.78 Å². The molecule has 2 aromatic rings. The number of methoxy groups -OCH3 is 1. The third kappa shape index (κ3) is 2.94. The number of hydrogen-bond acceptors (Lipinski definition) is 6. The van der Waals surface area contributed by atoms with Crippen molar-refractivity contribution in [3.05, 3.63) is 35.1 Å². The molecule has 0 saturated heterocycles. The molecule has 7 nitrogen and oxygen atoms in total. The Morgan fingerprint density at radius 1 is 1.35 bits per heavy atom. The highest BCUT2D eigenvalue weighted by atomic mass is 35.5. The normalized spacial score (nSPS) is 10.2. The van der Waals surface area contributed by atoms with E-state index in [1.807, 2.05) is 0 Å². The second-order valence-corrected chi connectivity index (χ2v) is 4.07. The zero-order valence-electron chi connectivity index (χ0n) is 10.7. The second-order valence-electron chi connectivity index (χ2n) is 3.68. The molecule has 0 aliphatic rings. The van der Waals surface area contributed by atoms with Crippen molar-refractivity contribution in [3.63, 3.8) is 0 Å².